The van der Waals surface area contributed by atoms with Gasteiger partial charge in [0.25, 0.3) is 11.8 Å². The molecule has 1 N–H and O–H groups in total. The zero-order chi connectivity index (χ0) is 26.2. The topological polar surface area (TPSA) is 61.8 Å². The summed E-state index contributed by atoms with van der Waals surface area (Å²) in [5.41, 5.74) is 4.86. The molecule has 2 aliphatic rings. The SMILES string of the molecule is CCCCN1C(=O)C(=Nc2sc3c(c2C(=O)Nc2ccccc2)CC[C@H](C(C)(C)C)C3)c2ccccc21. The summed E-state index contributed by atoms with van der Waals surface area (Å²) in [6, 6.07) is 17.4. The van der Waals surface area contributed by atoms with Gasteiger partial charge in [-0.2, -0.15) is 0 Å². The van der Waals surface area contributed by atoms with E-state index >= 15 is 0 Å². The van der Waals surface area contributed by atoms with Crippen molar-refractivity contribution in [1.82, 2.24) is 0 Å². The van der Waals surface area contributed by atoms with E-state index in [1.807, 2.05) is 59.5 Å². The molecule has 0 saturated heterocycles. The van der Waals surface area contributed by atoms with Gasteiger partial charge in [0.15, 0.2) is 0 Å². The number of carbonyl (C=O) groups excluding carboxylic acids is 2. The number of anilines is 2. The van der Waals surface area contributed by atoms with Crippen LogP contribution < -0.4 is 10.2 Å². The molecule has 2 aromatic carbocycles. The first-order valence-electron chi connectivity index (χ1n) is 13.3. The molecule has 1 aromatic heterocycles. The number of para-hydroxylation sites is 2. The molecule has 2 heterocycles. The number of thiophene rings is 1. The summed E-state index contributed by atoms with van der Waals surface area (Å²) in [6.45, 7) is 9.67. The molecule has 3 aromatic rings. The van der Waals surface area contributed by atoms with E-state index in [9.17, 15) is 9.59 Å². The second-order valence-electron chi connectivity index (χ2n) is 11.1. The van der Waals surface area contributed by atoms with Gasteiger partial charge in [0.2, 0.25) is 0 Å². The summed E-state index contributed by atoms with van der Waals surface area (Å²) < 4.78 is 0. The summed E-state index contributed by atoms with van der Waals surface area (Å²) >= 11 is 1.58. The number of rotatable bonds is 6. The standard InChI is InChI=1S/C31H35N3O2S/c1-5-6-18-34-24-15-11-10-14-22(24)27(30(34)36)33-29-26(28(35)32-21-12-8-7-9-13-21)23-17-16-20(31(2,3)4)19-25(23)37-29/h7-15,20H,5-6,16-19H2,1-4H3,(H,32,35)/t20-/m0/s1. The van der Waals surface area contributed by atoms with E-state index in [-0.39, 0.29) is 17.2 Å². The molecule has 37 heavy (non-hydrogen) atoms. The molecule has 2 amide bonds. The van der Waals surface area contributed by atoms with Gasteiger partial charge in [-0.15, -0.1) is 11.3 Å². The number of nitrogens with zero attached hydrogens (tertiary/aromatic N) is 2. The molecule has 0 radical (unpaired) electrons. The van der Waals surface area contributed by atoms with Crippen LogP contribution in [0.1, 0.15) is 73.3 Å². The normalized spacial score (nSPS) is 18.2. The fraction of sp³-hybridized carbons (Fsp3) is 0.387. The van der Waals surface area contributed by atoms with Crippen molar-refractivity contribution in [3.8, 4) is 0 Å². The molecule has 1 aliphatic heterocycles. The van der Waals surface area contributed by atoms with Crippen molar-refractivity contribution < 1.29 is 9.59 Å². The quantitative estimate of drug-likeness (QED) is 0.373. The molecule has 5 nitrogen and oxygen atoms in total. The fourth-order valence-corrected chi connectivity index (χ4v) is 6.65. The van der Waals surface area contributed by atoms with Crippen LogP contribution in [0.15, 0.2) is 59.6 Å². The number of unbranched alkanes of at least 4 members (excludes halogenated alkanes) is 1. The van der Waals surface area contributed by atoms with E-state index < -0.39 is 0 Å². The summed E-state index contributed by atoms with van der Waals surface area (Å²) in [6.07, 6.45) is 4.77. The first-order chi connectivity index (χ1) is 17.8. The maximum absolute atomic E-state index is 13.7. The van der Waals surface area contributed by atoms with E-state index in [1.165, 1.54) is 4.88 Å². The molecule has 192 valence electrons. The predicted octanol–water partition coefficient (Wildman–Crippen LogP) is 7.42. The van der Waals surface area contributed by atoms with Crippen LogP contribution in [0.5, 0.6) is 0 Å². The van der Waals surface area contributed by atoms with Crippen molar-refractivity contribution in [2.75, 3.05) is 16.8 Å². The summed E-state index contributed by atoms with van der Waals surface area (Å²) in [7, 11) is 0. The first-order valence-corrected chi connectivity index (χ1v) is 14.1. The monoisotopic (exact) mass is 513 g/mol. The highest BCUT2D eigenvalue weighted by molar-refractivity contribution is 7.16. The summed E-state index contributed by atoms with van der Waals surface area (Å²) in [5, 5.41) is 3.71. The van der Waals surface area contributed by atoms with Crippen LogP contribution in [0, 0.1) is 11.3 Å². The van der Waals surface area contributed by atoms with Crippen LogP contribution >= 0.6 is 11.3 Å². The predicted molar refractivity (Wildman–Crippen MR) is 154 cm³/mol. The molecule has 1 atom stereocenters. The van der Waals surface area contributed by atoms with Crippen molar-refractivity contribution in [1.29, 1.82) is 0 Å². The van der Waals surface area contributed by atoms with Crippen LogP contribution in [0.4, 0.5) is 16.4 Å². The van der Waals surface area contributed by atoms with Crippen molar-refractivity contribution in [3.05, 3.63) is 76.2 Å². The lowest BCUT2D eigenvalue weighted by Gasteiger charge is -2.33. The third kappa shape index (κ3) is 4.99. The van der Waals surface area contributed by atoms with Gasteiger partial charge in [0.05, 0.1) is 11.3 Å². The Hall–Kier alpha value is -3.25. The minimum absolute atomic E-state index is 0.0805. The van der Waals surface area contributed by atoms with Gasteiger partial charge in [0.1, 0.15) is 10.7 Å². The maximum atomic E-state index is 13.7. The largest absolute Gasteiger partial charge is 0.322 e. The Balaban J connectivity index is 1.59. The van der Waals surface area contributed by atoms with Crippen LogP contribution in [0.25, 0.3) is 0 Å². The summed E-state index contributed by atoms with van der Waals surface area (Å²) in [5.74, 6) is 0.310. The lowest BCUT2D eigenvalue weighted by molar-refractivity contribution is -0.112. The lowest BCUT2D eigenvalue weighted by atomic mass is 9.72. The van der Waals surface area contributed by atoms with Crippen LogP contribution in [0.2, 0.25) is 0 Å². The third-order valence-electron chi connectivity index (χ3n) is 7.58. The van der Waals surface area contributed by atoms with Crippen molar-refractivity contribution >= 4 is 45.2 Å². The molecule has 5 rings (SSSR count). The second kappa shape index (κ2) is 10.3. The Bertz CT molecular complexity index is 1350. The average Bonchev–Trinajstić information content (AvgIpc) is 3.37. The number of aliphatic imine (C=N–C) groups is 1. The zero-order valence-electron chi connectivity index (χ0n) is 22.1. The molecular formula is C31H35N3O2S. The van der Waals surface area contributed by atoms with Crippen molar-refractivity contribution in [3.63, 3.8) is 0 Å². The Kier molecular flexibility index (Phi) is 7.04. The molecule has 0 saturated carbocycles. The molecule has 0 unspecified atom stereocenters. The van der Waals surface area contributed by atoms with E-state index in [2.05, 4.69) is 33.0 Å². The van der Waals surface area contributed by atoms with Crippen LogP contribution in [0.3, 0.4) is 0 Å². The molecule has 0 spiro atoms. The highest BCUT2D eigenvalue weighted by Gasteiger charge is 2.36. The zero-order valence-corrected chi connectivity index (χ0v) is 23.0. The number of amides is 2. The number of carbonyl (C=O) groups is 2. The Morgan fingerprint density at radius 2 is 1.84 bits per heavy atom. The minimum atomic E-state index is -0.154. The van der Waals surface area contributed by atoms with Gasteiger partial charge in [0, 0.05) is 22.7 Å². The number of hydrogen-bond acceptors (Lipinski definition) is 4. The van der Waals surface area contributed by atoms with E-state index in [4.69, 9.17) is 4.99 Å². The maximum Gasteiger partial charge on any atom is 0.277 e. The Labute approximate surface area is 223 Å². The fourth-order valence-electron chi connectivity index (χ4n) is 5.35. The third-order valence-corrected chi connectivity index (χ3v) is 8.72. The number of fused-ring (bicyclic) bond motifs is 2. The van der Waals surface area contributed by atoms with Gasteiger partial charge in [-0.25, -0.2) is 4.99 Å². The highest BCUT2D eigenvalue weighted by Crippen LogP contribution is 2.46. The van der Waals surface area contributed by atoms with Crippen molar-refractivity contribution in [2.24, 2.45) is 16.3 Å². The van der Waals surface area contributed by atoms with E-state index in [0.717, 1.165) is 54.6 Å². The van der Waals surface area contributed by atoms with Gasteiger partial charge < -0.3 is 10.2 Å². The van der Waals surface area contributed by atoms with Gasteiger partial charge >= 0.3 is 0 Å². The lowest BCUT2D eigenvalue weighted by Crippen LogP contribution is -2.30. The molecule has 0 fully saturated rings. The van der Waals surface area contributed by atoms with Gasteiger partial charge in [-0.3, -0.25) is 9.59 Å². The Morgan fingerprint density at radius 3 is 2.57 bits per heavy atom. The van der Waals surface area contributed by atoms with Gasteiger partial charge in [-0.05, 0) is 60.8 Å². The first kappa shape index (κ1) is 25.4. The van der Waals surface area contributed by atoms with Crippen molar-refractivity contribution in [2.45, 2.75) is 59.8 Å². The van der Waals surface area contributed by atoms with Crippen LogP contribution in [-0.2, 0) is 17.6 Å². The number of nitrogens with one attached hydrogen (secondary N) is 1. The minimum Gasteiger partial charge on any atom is -0.322 e. The smallest absolute Gasteiger partial charge is 0.277 e. The molecule has 6 heteroatoms. The van der Waals surface area contributed by atoms with E-state index in [0.29, 0.717) is 28.7 Å². The average molecular weight is 514 g/mol. The molecule has 0 bridgehead atoms. The molecule has 1 aliphatic carbocycles. The second-order valence-corrected chi connectivity index (χ2v) is 12.2. The highest BCUT2D eigenvalue weighted by atomic mass is 32.1. The molecular weight excluding hydrogens is 478 g/mol. The summed E-state index contributed by atoms with van der Waals surface area (Å²) in [4.78, 5) is 35.3. The van der Waals surface area contributed by atoms with Gasteiger partial charge in [-0.1, -0.05) is 70.5 Å². The van der Waals surface area contributed by atoms with Crippen LogP contribution in [-0.4, -0.2) is 24.1 Å². The number of hydrogen-bond donors (Lipinski definition) is 1. The Morgan fingerprint density at radius 1 is 1.11 bits per heavy atom. The van der Waals surface area contributed by atoms with E-state index in [1.54, 1.807) is 11.3 Å². The number of benzene rings is 2.